The van der Waals surface area contributed by atoms with Crippen LogP contribution in [0.2, 0.25) is 0 Å². The van der Waals surface area contributed by atoms with E-state index >= 15 is 0 Å². The molecule has 6 heteroatoms. The fraction of sp³-hybridized carbons (Fsp3) is 0.385. The molecule has 1 aliphatic heterocycles. The van der Waals surface area contributed by atoms with Gasteiger partial charge in [0.05, 0.1) is 18.2 Å². The molecule has 2 rings (SSSR count). The summed E-state index contributed by atoms with van der Waals surface area (Å²) >= 11 is 5.63. The van der Waals surface area contributed by atoms with Gasteiger partial charge in [0.1, 0.15) is 0 Å². The molecule has 1 heterocycles. The van der Waals surface area contributed by atoms with Crippen molar-refractivity contribution >= 4 is 44.4 Å². The molecule has 0 aromatic heterocycles. The van der Waals surface area contributed by atoms with E-state index < -0.39 is 0 Å². The predicted molar refractivity (Wildman–Crippen MR) is 84.8 cm³/mol. The molecule has 19 heavy (non-hydrogen) atoms. The Morgan fingerprint density at radius 3 is 2.68 bits per heavy atom. The van der Waals surface area contributed by atoms with Crippen molar-refractivity contribution in [1.29, 1.82) is 5.26 Å². The Morgan fingerprint density at radius 1 is 1.37 bits per heavy atom. The lowest BCUT2D eigenvalue weighted by Crippen LogP contribution is -2.48. The summed E-state index contributed by atoms with van der Waals surface area (Å²) in [5.41, 5.74) is 0.709. The van der Waals surface area contributed by atoms with Gasteiger partial charge in [-0.05, 0) is 56.7 Å². The Labute approximate surface area is 134 Å². The van der Waals surface area contributed by atoms with Crippen molar-refractivity contribution in [2.24, 2.45) is 0 Å². The van der Waals surface area contributed by atoms with Crippen LogP contribution in [0.1, 0.15) is 10.4 Å². The second-order valence-corrected chi connectivity index (χ2v) is 6.45. The first kappa shape index (κ1) is 14.8. The smallest absolute Gasteiger partial charge is 0.255 e. The zero-order valence-electron chi connectivity index (χ0n) is 10.3. The lowest BCUT2D eigenvalue weighted by Gasteiger charge is -2.33. The molecule has 0 aliphatic carbocycles. The van der Waals surface area contributed by atoms with E-state index in [9.17, 15) is 4.79 Å². The molecule has 0 atom stereocenters. The number of nitrogens with zero attached hydrogens (tertiary/aromatic N) is 3. The zero-order chi connectivity index (χ0) is 13.8. The first-order chi connectivity index (χ1) is 9.11. The quantitative estimate of drug-likeness (QED) is 0.531. The van der Waals surface area contributed by atoms with Crippen molar-refractivity contribution in [3.8, 4) is 6.07 Å². The van der Waals surface area contributed by atoms with E-state index in [0.29, 0.717) is 25.2 Å². The first-order valence-electron chi connectivity index (χ1n) is 5.95. The number of amides is 1. The summed E-state index contributed by atoms with van der Waals surface area (Å²) in [5, 5.41) is 8.66. The number of hydrogen-bond donors (Lipinski definition) is 0. The fourth-order valence-corrected chi connectivity index (χ4v) is 2.95. The molecule has 1 fully saturated rings. The minimum absolute atomic E-state index is 0.0574. The molecule has 1 amide bonds. The highest BCUT2D eigenvalue weighted by molar-refractivity contribution is 14.1. The summed E-state index contributed by atoms with van der Waals surface area (Å²) in [6, 6.07) is 7.91. The van der Waals surface area contributed by atoms with Crippen LogP contribution >= 0.6 is 38.5 Å². The lowest BCUT2D eigenvalue weighted by atomic mass is 10.2. The SMILES string of the molecule is N#CCN1CCN(C(=O)c2cc(I)ccc2Br)CC1. The van der Waals surface area contributed by atoms with Gasteiger partial charge >= 0.3 is 0 Å². The summed E-state index contributed by atoms with van der Waals surface area (Å²) in [4.78, 5) is 16.4. The third kappa shape index (κ3) is 3.68. The molecular weight excluding hydrogens is 421 g/mol. The summed E-state index contributed by atoms with van der Waals surface area (Å²) in [7, 11) is 0. The maximum atomic E-state index is 12.4. The van der Waals surface area contributed by atoms with E-state index in [1.807, 2.05) is 23.1 Å². The van der Waals surface area contributed by atoms with Crippen LogP contribution in [-0.2, 0) is 0 Å². The molecule has 1 saturated heterocycles. The van der Waals surface area contributed by atoms with Gasteiger partial charge in [0.2, 0.25) is 0 Å². The summed E-state index contributed by atoms with van der Waals surface area (Å²) in [6.07, 6.45) is 0. The molecule has 1 aromatic rings. The Bertz CT molecular complexity index is 521. The molecule has 0 spiro atoms. The molecule has 0 bridgehead atoms. The Hall–Kier alpha value is -0.650. The molecule has 4 nitrogen and oxygen atoms in total. The molecule has 0 saturated carbocycles. The minimum atomic E-state index is 0.0574. The number of carbonyl (C=O) groups excluding carboxylic acids is 1. The second kappa shape index (κ2) is 6.68. The molecule has 0 radical (unpaired) electrons. The standard InChI is InChI=1S/C13H13BrIN3O/c14-12-2-1-10(15)9-11(12)13(19)18-7-5-17(4-3-16)6-8-18/h1-2,9H,4-8H2. The van der Waals surface area contributed by atoms with Crippen molar-refractivity contribution in [1.82, 2.24) is 9.80 Å². The van der Waals surface area contributed by atoms with Crippen molar-refractivity contribution in [3.63, 3.8) is 0 Å². The van der Waals surface area contributed by atoms with E-state index in [-0.39, 0.29) is 5.91 Å². The van der Waals surface area contributed by atoms with Gasteiger partial charge in [0, 0.05) is 34.2 Å². The number of halogens is 2. The van der Waals surface area contributed by atoms with E-state index in [4.69, 9.17) is 5.26 Å². The maximum absolute atomic E-state index is 12.4. The van der Waals surface area contributed by atoms with Gasteiger partial charge in [-0.25, -0.2) is 0 Å². The van der Waals surface area contributed by atoms with Crippen LogP contribution in [0.25, 0.3) is 0 Å². The third-order valence-corrected chi connectivity index (χ3v) is 4.48. The van der Waals surface area contributed by atoms with Crippen LogP contribution in [0.4, 0.5) is 0 Å². The third-order valence-electron chi connectivity index (χ3n) is 3.11. The summed E-state index contributed by atoms with van der Waals surface area (Å²) < 4.78 is 1.88. The van der Waals surface area contributed by atoms with E-state index in [2.05, 4.69) is 49.5 Å². The Balaban J connectivity index is 2.05. The van der Waals surface area contributed by atoms with Crippen molar-refractivity contribution < 1.29 is 4.79 Å². The first-order valence-corrected chi connectivity index (χ1v) is 7.82. The largest absolute Gasteiger partial charge is 0.336 e. The molecule has 1 aromatic carbocycles. The highest BCUT2D eigenvalue weighted by Crippen LogP contribution is 2.21. The topological polar surface area (TPSA) is 47.3 Å². The zero-order valence-corrected chi connectivity index (χ0v) is 14.0. The van der Waals surface area contributed by atoms with Crippen molar-refractivity contribution in [3.05, 3.63) is 31.8 Å². The number of hydrogen-bond acceptors (Lipinski definition) is 3. The Morgan fingerprint density at radius 2 is 2.05 bits per heavy atom. The van der Waals surface area contributed by atoms with Gasteiger partial charge in [-0.2, -0.15) is 5.26 Å². The lowest BCUT2D eigenvalue weighted by molar-refractivity contribution is 0.0651. The predicted octanol–water partition coefficient (Wildman–Crippen LogP) is 2.34. The number of carbonyl (C=O) groups is 1. The second-order valence-electron chi connectivity index (χ2n) is 4.35. The average Bonchev–Trinajstić information content (AvgIpc) is 2.42. The normalized spacial score (nSPS) is 16.2. The van der Waals surface area contributed by atoms with Gasteiger partial charge in [-0.1, -0.05) is 0 Å². The van der Waals surface area contributed by atoms with Gasteiger partial charge < -0.3 is 4.90 Å². The molecule has 0 unspecified atom stereocenters. The monoisotopic (exact) mass is 433 g/mol. The molecular formula is C13H13BrIN3O. The van der Waals surface area contributed by atoms with Crippen LogP contribution < -0.4 is 0 Å². The van der Waals surface area contributed by atoms with Crippen molar-refractivity contribution in [2.75, 3.05) is 32.7 Å². The average molecular weight is 434 g/mol. The highest BCUT2D eigenvalue weighted by Gasteiger charge is 2.23. The van der Waals surface area contributed by atoms with Gasteiger partial charge in [-0.15, -0.1) is 0 Å². The van der Waals surface area contributed by atoms with Gasteiger partial charge in [-0.3, -0.25) is 9.69 Å². The number of rotatable bonds is 2. The van der Waals surface area contributed by atoms with Crippen molar-refractivity contribution in [2.45, 2.75) is 0 Å². The maximum Gasteiger partial charge on any atom is 0.255 e. The molecule has 0 N–H and O–H groups in total. The highest BCUT2D eigenvalue weighted by atomic mass is 127. The summed E-state index contributed by atoms with van der Waals surface area (Å²) in [6.45, 7) is 3.33. The van der Waals surface area contributed by atoms with Crippen LogP contribution in [-0.4, -0.2) is 48.4 Å². The van der Waals surface area contributed by atoms with Gasteiger partial charge in [0.15, 0.2) is 0 Å². The van der Waals surface area contributed by atoms with E-state index in [1.54, 1.807) is 0 Å². The van der Waals surface area contributed by atoms with Gasteiger partial charge in [0.25, 0.3) is 5.91 Å². The summed E-state index contributed by atoms with van der Waals surface area (Å²) in [5.74, 6) is 0.0574. The van der Waals surface area contributed by atoms with Crippen LogP contribution in [0.5, 0.6) is 0 Å². The van der Waals surface area contributed by atoms with Crippen LogP contribution in [0.15, 0.2) is 22.7 Å². The van der Waals surface area contributed by atoms with Crippen LogP contribution in [0.3, 0.4) is 0 Å². The Kier molecular flexibility index (Phi) is 5.19. The number of benzene rings is 1. The molecule has 1 aliphatic rings. The number of piperazine rings is 1. The fourth-order valence-electron chi connectivity index (χ4n) is 2.04. The minimum Gasteiger partial charge on any atom is -0.336 e. The van der Waals surface area contributed by atoms with E-state index in [1.165, 1.54) is 0 Å². The van der Waals surface area contributed by atoms with E-state index in [0.717, 1.165) is 21.1 Å². The number of nitriles is 1. The molecule has 100 valence electrons. The van der Waals surface area contributed by atoms with Crippen LogP contribution in [0, 0.1) is 14.9 Å².